The number of methoxy groups -OCH3 is 1. The zero-order chi connectivity index (χ0) is 15.6. The van der Waals surface area contributed by atoms with E-state index in [1.54, 1.807) is 13.2 Å². The number of ether oxygens (including phenoxy) is 1. The third-order valence-corrected chi connectivity index (χ3v) is 4.17. The van der Waals surface area contributed by atoms with Gasteiger partial charge < -0.3 is 15.4 Å². The van der Waals surface area contributed by atoms with Crippen molar-refractivity contribution in [2.45, 2.75) is 32.7 Å². The van der Waals surface area contributed by atoms with Crippen LogP contribution in [0.2, 0.25) is 0 Å². The van der Waals surface area contributed by atoms with Crippen LogP contribution in [0.25, 0.3) is 0 Å². The largest absolute Gasteiger partial charge is 0.496 e. The predicted octanol–water partition coefficient (Wildman–Crippen LogP) is 1.99. The zero-order valence-corrected chi connectivity index (χ0v) is 12.8. The maximum absolute atomic E-state index is 12.0. The predicted molar refractivity (Wildman–Crippen MR) is 81.7 cm³/mol. The highest BCUT2D eigenvalue weighted by Crippen LogP contribution is 2.34. The van der Waals surface area contributed by atoms with E-state index in [4.69, 9.17) is 10.5 Å². The van der Waals surface area contributed by atoms with Crippen molar-refractivity contribution in [3.05, 3.63) is 23.8 Å². The molecule has 21 heavy (non-hydrogen) atoms. The number of amides is 1. The first-order valence-corrected chi connectivity index (χ1v) is 7.19. The fraction of sp³-hybridized carbons (Fsp3) is 0.500. The molecule has 1 aliphatic heterocycles. The molecule has 1 heterocycles. The van der Waals surface area contributed by atoms with Gasteiger partial charge in [-0.05, 0) is 38.8 Å². The molecule has 0 saturated carbocycles. The number of Topliss-reactive ketones (excluding diaryl/α,β-unsaturated/α-hetero) is 1. The quantitative estimate of drug-likeness (QED) is 0.861. The van der Waals surface area contributed by atoms with Crippen molar-refractivity contribution in [2.75, 3.05) is 18.6 Å². The van der Waals surface area contributed by atoms with Crippen LogP contribution in [-0.4, -0.2) is 31.4 Å². The lowest BCUT2D eigenvalue weighted by molar-refractivity contribution is -0.122. The van der Waals surface area contributed by atoms with Gasteiger partial charge in [0.2, 0.25) is 5.91 Å². The summed E-state index contributed by atoms with van der Waals surface area (Å²) in [6.07, 6.45) is 1.68. The smallest absolute Gasteiger partial charge is 0.222 e. The summed E-state index contributed by atoms with van der Waals surface area (Å²) in [6.45, 7) is 4.17. The number of nitrogens with zero attached hydrogens (tertiary/aromatic N) is 1. The van der Waals surface area contributed by atoms with Gasteiger partial charge in [-0.15, -0.1) is 0 Å². The van der Waals surface area contributed by atoms with Crippen LogP contribution in [0.4, 0.5) is 5.69 Å². The molecular formula is C16H22N2O3. The molecule has 1 amide bonds. The lowest BCUT2D eigenvalue weighted by Gasteiger charge is -2.39. The minimum absolute atomic E-state index is 0.0455. The zero-order valence-electron chi connectivity index (χ0n) is 12.8. The van der Waals surface area contributed by atoms with Crippen LogP contribution in [0.5, 0.6) is 5.75 Å². The van der Waals surface area contributed by atoms with Gasteiger partial charge in [-0.25, -0.2) is 0 Å². The van der Waals surface area contributed by atoms with Gasteiger partial charge in [-0.2, -0.15) is 0 Å². The minimum atomic E-state index is -0.279. The van der Waals surface area contributed by atoms with Crippen LogP contribution >= 0.6 is 0 Å². The Hall–Kier alpha value is -2.04. The maximum atomic E-state index is 12.0. The number of anilines is 1. The molecule has 0 spiro atoms. The Kier molecular flexibility index (Phi) is 4.50. The van der Waals surface area contributed by atoms with Gasteiger partial charge >= 0.3 is 0 Å². The lowest BCUT2D eigenvalue weighted by atomic mass is 9.91. The number of hydrogen-bond acceptors (Lipinski definition) is 4. The fourth-order valence-corrected chi connectivity index (χ4v) is 2.96. The molecule has 1 aromatic rings. The molecule has 2 rings (SSSR count). The number of rotatable bonds is 4. The molecule has 5 heteroatoms. The number of ketones is 1. The number of hydrogen-bond donors (Lipinski definition) is 1. The second kappa shape index (κ2) is 6.16. The Morgan fingerprint density at radius 1 is 1.33 bits per heavy atom. The Morgan fingerprint density at radius 2 is 2.05 bits per heavy atom. The van der Waals surface area contributed by atoms with Gasteiger partial charge in [0, 0.05) is 12.6 Å². The fourth-order valence-electron chi connectivity index (χ4n) is 2.96. The third kappa shape index (κ3) is 3.01. The number of piperidine rings is 1. The SMILES string of the molecule is COc1cccc(N2CC(C(N)=O)CCC2C)c1C(C)=O. The summed E-state index contributed by atoms with van der Waals surface area (Å²) < 4.78 is 5.31. The Balaban J connectivity index is 2.44. The Bertz CT molecular complexity index is 556. The van der Waals surface area contributed by atoms with Crippen molar-refractivity contribution in [2.24, 2.45) is 11.7 Å². The molecule has 2 N–H and O–H groups in total. The van der Waals surface area contributed by atoms with Gasteiger partial charge in [0.15, 0.2) is 5.78 Å². The van der Waals surface area contributed by atoms with Gasteiger partial charge in [-0.3, -0.25) is 9.59 Å². The van der Waals surface area contributed by atoms with E-state index in [2.05, 4.69) is 11.8 Å². The molecule has 0 bridgehead atoms. The highest BCUT2D eigenvalue weighted by molar-refractivity contribution is 6.02. The molecule has 114 valence electrons. The normalized spacial score (nSPS) is 22.0. The number of primary amides is 1. The van der Waals surface area contributed by atoms with Crippen LogP contribution in [0.3, 0.4) is 0 Å². The first kappa shape index (κ1) is 15.4. The second-order valence-corrected chi connectivity index (χ2v) is 5.59. The van der Waals surface area contributed by atoms with E-state index < -0.39 is 0 Å². The summed E-state index contributed by atoms with van der Waals surface area (Å²) in [5, 5.41) is 0. The average Bonchev–Trinajstić information content (AvgIpc) is 2.46. The van der Waals surface area contributed by atoms with Crippen molar-refractivity contribution in [1.82, 2.24) is 0 Å². The van der Waals surface area contributed by atoms with Crippen molar-refractivity contribution < 1.29 is 14.3 Å². The van der Waals surface area contributed by atoms with Gasteiger partial charge in [-0.1, -0.05) is 6.07 Å². The summed E-state index contributed by atoms with van der Waals surface area (Å²) in [6, 6.07) is 5.80. The standard InChI is InChI=1S/C16H22N2O3/c1-10-7-8-12(16(17)20)9-18(10)13-5-4-6-14(21-3)15(13)11(2)19/h4-6,10,12H,7-9H2,1-3H3,(H2,17,20). The van der Waals surface area contributed by atoms with Crippen molar-refractivity contribution in [3.63, 3.8) is 0 Å². The van der Waals surface area contributed by atoms with Crippen LogP contribution in [0.1, 0.15) is 37.0 Å². The summed E-state index contributed by atoms with van der Waals surface area (Å²) >= 11 is 0. The Morgan fingerprint density at radius 3 is 2.62 bits per heavy atom. The van der Waals surface area contributed by atoms with E-state index in [0.29, 0.717) is 17.9 Å². The van der Waals surface area contributed by atoms with E-state index in [-0.39, 0.29) is 23.7 Å². The summed E-state index contributed by atoms with van der Waals surface area (Å²) in [5.41, 5.74) is 6.84. The van der Waals surface area contributed by atoms with Crippen molar-refractivity contribution >= 4 is 17.4 Å². The van der Waals surface area contributed by atoms with E-state index >= 15 is 0 Å². The number of carbonyl (C=O) groups excluding carboxylic acids is 2. The molecule has 2 unspecified atom stereocenters. The molecule has 0 aromatic heterocycles. The van der Waals surface area contributed by atoms with Crippen LogP contribution in [0, 0.1) is 5.92 Å². The highest BCUT2D eigenvalue weighted by atomic mass is 16.5. The van der Waals surface area contributed by atoms with E-state index in [9.17, 15) is 9.59 Å². The number of carbonyl (C=O) groups is 2. The third-order valence-electron chi connectivity index (χ3n) is 4.17. The second-order valence-electron chi connectivity index (χ2n) is 5.59. The molecule has 1 aliphatic rings. The molecular weight excluding hydrogens is 268 g/mol. The van der Waals surface area contributed by atoms with Gasteiger partial charge in [0.25, 0.3) is 0 Å². The van der Waals surface area contributed by atoms with Gasteiger partial charge in [0.1, 0.15) is 5.75 Å². The molecule has 1 aromatic carbocycles. The molecule has 1 saturated heterocycles. The molecule has 1 fully saturated rings. The summed E-state index contributed by atoms with van der Waals surface area (Å²) in [4.78, 5) is 25.6. The monoisotopic (exact) mass is 290 g/mol. The number of benzene rings is 1. The van der Waals surface area contributed by atoms with Crippen LogP contribution in [0.15, 0.2) is 18.2 Å². The van der Waals surface area contributed by atoms with E-state index in [0.717, 1.165) is 18.5 Å². The minimum Gasteiger partial charge on any atom is -0.496 e. The maximum Gasteiger partial charge on any atom is 0.222 e. The topological polar surface area (TPSA) is 72.6 Å². The van der Waals surface area contributed by atoms with Crippen molar-refractivity contribution in [1.29, 1.82) is 0 Å². The lowest BCUT2D eigenvalue weighted by Crippen LogP contribution is -2.46. The van der Waals surface area contributed by atoms with Crippen LogP contribution in [-0.2, 0) is 4.79 Å². The highest BCUT2D eigenvalue weighted by Gasteiger charge is 2.31. The molecule has 5 nitrogen and oxygen atoms in total. The first-order valence-electron chi connectivity index (χ1n) is 7.19. The van der Waals surface area contributed by atoms with E-state index in [1.807, 2.05) is 12.1 Å². The first-order chi connectivity index (χ1) is 9.95. The van der Waals surface area contributed by atoms with Crippen molar-refractivity contribution in [3.8, 4) is 5.75 Å². The van der Waals surface area contributed by atoms with E-state index in [1.165, 1.54) is 6.92 Å². The van der Waals surface area contributed by atoms with Crippen LogP contribution < -0.4 is 15.4 Å². The summed E-state index contributed by atoms with van der Waals surface area (Å²) in [7, 11) is 1.55. The summed E-state index contributed by atoms with van der Waals surface area (Å²) in [5.74, 6) is 0.0654. The molecule has 2 atom stereocenters. The Labute approximate surface area is 125 Å². The molecule has 0 aliphatic carbocycles. The average molecular weight is 290 g/mol. The number of nitrogens with two attached hydrogens (primary N) is 1. The molecule has 0 radical (unpaired) electrons. The van der Waals surface area contributed by atoms with Gasteiger partial charge in [0.05, 0.1) is 24.3 Å².